The van der Waals surface area contributed by atoms with Gasteiger partial charge in [0.05, 0.1) is 0 Å². The Morgan fingerprint density at radius 1 is 1.29 bits per heavy atom. The zero-order valence-electron chi connectivity index (χ0n) is 10.3. The third kappa shape index (κ3) is 3.45. The molecule has 0 spiro atoms. The van der Waals surface area contributed by atoms with Gasteiger partial charge in [0.2, 0.25) is 0 Å². The molecule has 0 fully saturated rings. The first-order valence-corrected chi connectivity index (χ1v) is 6.28. The Morgan fingerprint density at radius 3 is 2.65 bits per heavy atom. The standard InChI is InChI=1S/C15H19NO/c1-12(17)14-6-8-15(9-7-14)16-11-10-13-4-2-3-5-13/h4,6-9,16H,2-3,5,10-11H2,1H3. The summed E-state index contributed by atoms with van der Waals surface area (Å²) in [6.45, 7) is 2.57. The molecule has 0 saturated carbocycles. The van der Waals surface area contributed by atoms with Gasteiger partial charge in [0, 0.05) is 17.8 Å². The van der Waals surface area contributed by atoms with Crippen LogP contribution < -0.4 is 5.32 Å². The molecule has 0 radical (unpaired) electrons. The van der Waals surface area contributed by atoms with Gasteiger partial charge >= 0.3 is 0 Å². The molecule has 0 aromatic heterocycles. The van der Waals surface area contributed by atoms with Crippen LogP contribution in [-0.2, 0) is 0 Å². The van der Waals surface area contributed by atoms with Gasteiger partial charge in [-0.05, 0) is 56.9 Å². The first kappa shape index (κ1) is 11.9. The van der Waals surface area contributed by atoms with Crippen molar-refractivity contribution in [1.82, 2.24) is 0 Å². The molecule has 2 rings (SSSR count). The Bertz CT molecular complexity index is 417. The smallest absolute Gasteiger partial charge is 0.159 e. The van der Waals surface area contributed by atoms with E-state index in [2.05, 4.69) is 11.4 Å². The van der Waals surface area contributed by atoms with E-state index in [1.54, 1.807) is 12.5 Å². The van der Waals surface area contributed by atoms with E-state index < -0.39 is 0 Å². The van der Waals surface area contributed by atoms with Gasteiger partial charge in [-0.3, -0.25) is 4.79 Å². The third-order valence-electron chi connectivity index (χ3n) is 3.20. The SMILES string of the molecule is CC(=O)c1ccc(NCCC2=CCCC2)cc1. The van der Waals surface area contributed by atoms with Crippen LogP contribution in [-0.4, -0.2) is 12.3 Å². The van der Waals surface area contributed by atoms with E-state index in [1.807, 2.05) is 24.3 Å². The van der Waals surface area contributed by atoms with Crippen molar-refractivity contribution in [2.75, 3.05) is 11.9 Å². The quantitative estimate of drug-likeness (QED) is 0.614. The lowest BCUT2D eigenvalue weighted by atomic mass is 10.1. The number of allylic oxidation sites excluding steroid dienone is 1. The first-order chi connectivity index (χ1) is 8.25. The van der Waals surface area contributed by atoms with Crippen LogP contribution in [0, 0.1) is 0 Å². The average molecular weight is 229 g/mol. The summed E-state index contributed by atoms with van der Waals surface area (Å²) in [6.07, 6.45) is 7.34. The topological polar surface area (TPSA) is 29.1 Å². The summed E-state index contributed by atoms with van der Waals surface area (Å²) in [5.41, 5.74) is 3.44. The molecule has 0 unspecified atom stereocenters. The van der Waals surface area contributed by atoms with Crippen molar-refractivity contribution in [2.45, 2.75) is 32.6 Å². The molecule has 17 heavy (non-hydrogen) atoms. The maximum atomic E-state index is 11.1. The number of ketones is 1. The van der Waals surface area contributed by atoms with Crippen molar-refractivity contribution in [3.8, 4) is 0 Å². The number of carbonyl (C=O) groups is 1. The molecule has 2 nitrogen and oxygen atoms in total. The van der Waals surface area contributed by atoms with Crippen molar-refractivity contribution in [1.29, 1.82) is 0 Å². The van der Waals surface area contributed by atoms with Gasteiger partial charge < -0.3 is 5.32 Å². The summed E-state index contributed by atoms with van der Waals surface area (Å²) < 4.78 is 0. The van der Waals surface area contributed by atoms with Gasteiger partial charge in [0.15, 0.2) is 5.78 Å². The molecule has 1 aliphatic carbocycles. The molecule has 0 saturated heterocycles. The lowest BCUT2D eigenvalue weighted by Gasteiger charge is -2.07. The summed E-state index contributed by atoms with van der Waals surface area (Å²) >= 11 is 0. The van der Waals surface area contributed by atoms with Crippen LogP contribution in [0.5, 0.6) is 0 Å². The molecule has 0 atom stereocenters. The Labute approximate surface area is 103 Å². The van der Waals surface area contributed by atoms with E-state index in [0.717, 1.165) is 24.2 Å². The fourth-order valence-corrected chi connectivity index (χ4v) is 2.15. The van der Waals surface area contributed by atoms with E-state index >= 15 is 0 Å². The molecule has 1 aromatic carbocycles. The largest absolute Gasteiger partial charge is 0.385 e. The summed E-state index contributed by atoms with van der Waals surface area (Å²) in [5.74, 6) is 0.118. The van der Waals surface area contributed by atoms with Crippen molar-refractivity contribution >= 4 is 11.5 Å². The second-order valence-corrected chi connectivity index (χ2v) is 4.56. The average Bonchev–Trinajstić information content (AvgIpc) is 2.83. The van der Waals surface area contributed by atoms with E-state index in [0.29, 0.717) is 0 Å². The number of Topliss-reactive ketones (excluding diaryl/α,β-unsaturated/α-hetero) is 1. The number of anilines is 1. The highest BCUT2D eigenvalue weighted by molar-refractivity contribution is 5.94. The molecule has 0 heterocycles. The summed E-state index contributed by atoms with van der Waals surface area (Å²) in [7, 11) is 0. The molecule has 2 heteroatoms. The Hall–Kier alpha value is -1.57. The number of benzene rings is 1. The number of rotatable bonds is 5. The van der Waals surface area contributed by atoms with Crippen molar-refractivity contribution in [3.63, 3.8) is 0 Å². The number of hydrogen-bond donors (Lipinski definition) is 1. The van der Waals surface area contributed by atoms with Gasteiger partial charge in [-0.25, -0.2) is 0 Å². The van der Waals surface area contributed by atoms with Crippen LogP contribution in [0.2, 0.25) is 0 Å². The molecule has 90 valence electrons. The minimum atomic E-state index is 0.118. The molecule has 1 aliphatic rings. The normalized spacial score (nSPS) is 14.5. The Kier molecular flexibility index (Phi) is 3.97. The van der Waals surface area contributed by atoms with Crippen molar-refractivity contribution in [2.24, 2.45) is 0 Å². The lowest BCUT2D eigenvalue weighted by Crippen LogP contribution is -2.02. The maximum absolute atomic E-state index is 11.1. The second kappa shape index (κ2) is 5.67. The summed E-state index contributed by atoms with van der Waals surface area (Å²) in [6, 6.07) is 7.69. The van der Waals surface area contributed by atoms with Gasteiger partial charge in [-0.2, -0.15) is 0 Å². The molecule has 0 aliphatic heterocycles. The number of nitrogens with one attached hydrogen (secondary N) is 1. The predicted molar refractivity (Wildman–Crippen MR) is 71.5 cm³/mol. The number of carbonyl (C=O) groups excluding carboxylic acids is 1. The van der Waals surface area contributed by atoms with Gasteiger partial charge in [-0.1, -0.05) is 11.6 Å². The van der Waals surface area contributed by atoms with Gasteiger partial charge in [-0.15, -0.1) is 0 Å². The van der Waals surface area contributed by atoms with Crippen LogP contribution in [0.1, 0.15) is 43.0 Å². The highest BCUT2D eigenvalue weighted by Crippen LogP contribution is 2.20. The van der Waals surface area contributed by atoms with E-state index in [4.69, 9.17) is 0 Å². The minimum absolute atomic E-state index is 0.118. The zero-order valence-corrected chi connectivity index (χ0v) is 10.3. The summed E-state index contributed by atoms with van der Waals surface area (Å²) in [4.78, 5) is 11.1. The highest BCUT2D eigenvalue weighted by atomic mass is 16.1. The van der Waals surface area contributed by atoms with E-state index in [-0.39, 0.29) is 5.78 Å². The van der Waals surface area contributed by atoms with Crippen LogP contribution in [0.25, 0.3) is 0 Å². The molecule has 0 amide bonds. The monoisotopic (exact) mass is 229 g/mol. The maximum Gasteiger partial charge on any atom is 0.159 e. The molecule has 0 bridgehead atoms. The van der Waals surface area contributed by atoms with Crippen LogP contribution >= 0.6 is 0 Å². The molecular formula is C15H19NO. The van der Waals surface area contributed by atoms with Gasteiger partial charge in [0.1, 0.15) is 0 Å². The van der Waals surface area contributed by atoms with Crippen molar-refractivity contribution in [3.05, 3.63) is 41.5 Å². The van der Waals surface area contributed by atoms with Crippen LogP contribution in [0.4, 0.5) is 5.69 Å². The Balaban J connectivity index is 1.80. The molecule has 1 N–H and O–H groups in total. The van der Waals surface area contributed by atoms with E-state index in [1.165, 1.54) is 19.3 Å². The number of hydrogen-bond acceptors (Lipinski definition) is 2. The minimum Gasteiger partial charge on any atom is -0.385 e. The third-order valence-corrected chi connectivity index (χ3v) is 3.20. The fourth-order valence-electron chi connectivity index (χ4n) is 2.15. The predicted octanol–water partition coefficient (Wildman–Crippen LogP) is 3.80. The molecular weight excluding hydrogens is 210 g/mol. The lowest BCUT2D eigenvalue weighted by molar-refractivity contribution is 0.101. The summed E-state index contributed by atoms with van der Waals surface area (Å²) in [5, 5.41) is 3.39. The first-order valence-electron chi connectivity index (χ1n) is 6.28. The van der Waals surface area contributed by atoms with E-state index in [9.17, 15) is 4.79 Å². The van der Waals surface area contributed by atoms with Gasteiger partial charge in [0.25, 0.3) is 0 Å². The van der Waals surface area contributed by atoms with Crippen LogP contribution in [0.3, 0.4) is 0 Å². The molecule has 1 aromatic rings. The van der Waals surface area contributed by atoms with Crippen molar-refractivity contribution < 1.29 is 4.79 Å². The van der Waals surface area contributed by atoms with Crippen LogP contribution in [0.15, 0.2) is 35.9 Å². The Morgan fingerprint density at radius 2 is 2.06 bits per heavy atom. The fraction of sp³-hybridized carbons (Fsp3) is 0.400. The second-order valence-electron chi connectivity index (χ2n) is 4.56. The zero-order chi connectivity index (χ0) is 12.1. The highest BCUT2D eigenvalue weighted by Gasteiger charge is 2.03.